The number of carboxylic acid groups (broad SMARTS) is 1. The summed E-state index contributed by atoms with van der Waals surface area (Å²) in [6, 6.07) is 9.31. The number of carbonyl (C=O) groups is 3. The van der Waals surface area contributed by atoms with Gasteiger partial charge < -0.3 is 14.9 Å². The zero-order valence-corrected chi connectivity index (χ0v) is 17.1. The second-order valence-electron chi connectivity index (χ2n) is 8.03. The fourth-order valence-corrected chi connectivity index (χ4v) is 4.56. The highest BCUT2D eigenvalue weighted by molar-refractivity contribution is 6.09. The minimum atomic E-state index is -4.55. The number of rotatable bonds is 5. The Balaban J connectivity index is 1.69. The number of alkyl halides is 3. The summed E-state index contributed by atoms with van der Waals surface area (Å²) >= 11 is 0. The third kappa shape index (κ3) is 3.72. The molecule has 2 aliphatic rings. The number of aliphatic carboxylic acids is 1. The molecule has 2 aromatic rings. The van der Waals surface area contributed by atoms with Crippen molar-refractivity contribution >= 4 is 17.8 Å². The maximum absolute atomic E-state index is 13.0. The lowest BCUT2D eigenvalue weighted by Crippen LogP contribution is -2.62. The van der Waals surface area contributed by atoms with E-state index in [0.717, 1.165) is 12.1 Å². The number of hydrogen-bond donors (Lipinski definition) is 4. The van der Waals surface area contributed by atoms with Crippen molar-refractivity contribution in [2.75, 3.05) is 0 Å². The van der Waals surface area contributed by atoms with Gasteiger partial charge in [0.2, 0.25) is 11.8 Å². The zero-order valence-electron chi connectivity index (χ0n) is 17.1. The molecule has 0 radical (unpaired) electrons. The quantitative estimate of drug-likeness (QED) is 0.500. The number of fused-ring (bicyclic) bond motifs is 1. The van der Waals surface area contributed by atoms with Crippen molar-refractivity contribution in [3.8, 4) is 11.5 Å². The molecule has 0 saturated carbocycles. The van der Waals surface area contributed by atoms with Crippen LogP contribution < -0.4 is 15.4 Å². The van der Waals surface area contributed by atoms with Crippen LogP contribution in [0, 0.1) is 11.8 Å². The molecule has 8 nitrogen and oxygen atoms in total. The third-order valence-corrected chi connectivity index (χ3v) is 6.06. The number of carboxylic acids is 1. The van der Waals surface area contributed by atoms with Crippen LogP contribution in [0.4, 0.5) is 13.2 Å². The van der Waals surface area contributed by atoms with Gasteiger partial charge in [-0.3, -0.25) is 25.0 Å². The van der Waals surface area contributed by atoms with E-state index in [1.54, 1.807) is 6.07 Å². The summed E-state index contributed by atoms with van der Waals surface area (Å²) < 4.78 is 44.5. The van der Waals surface area contributed by atoms with Crippen LogP contribution in [-0.4, -0.2) is 39.6 Å². The molecule has 2 fully saturated rings. The van der Waals surface area contributed by atoms with Gasteiger partial charge in [-0.25, -0.2) is 0 Å². The number of imide groups is 1. The minimum Gasteiger partial charge on any atom is -0.480 e. The molecule has 33 heavy (non-hydrogen) atoms. The van der Waals surface area contributed by atoms with Crippen molar-refractivity contribution in [2.24, 2.45) is 11.8 Å². The standard InChI is InChI=1S/C22H19F3N2O6/c1-10(28)21(20(31)32)16-15(18(29)26-19(16)30)17(27-21)11-4-2-6-13(8-11)33-14-7-3-5-12(9-14)22(23,24)25/h2-10,15-17,27-28H,1H3,(H,31,32)(H,26,29,30). The topological polar surface area (TPSA) is 125 Å². The highest BCUT2D eigenvalue weighted by Crippen LogP contribution is 2.48. The van der Waals surface area contributed by atoms with E-state index in [1.807, 2.05) is 0 Å². The first-order valence-corrected chi connectivity index (χ1v) is 9.94. The number of aliphatic hydroxyl groups is 1. The fourth-order valence-electron chi connectivity index (χ4n) is 4.56. The van der Waals surface area contributed by atoms with Crippen molar-refractivity contribution < 1.29 is 42.5 Å². The summed E-state index contributed by atoms with van der Waals surface area (Å²) in [7, 11) is 0. The molecule has 0 aliphatic carbocycles. The van der Waals surface area contributed by atoms with Gasteiger partial charge in [0.25, 0.3) is 0 Å². The van der Waals surface area contributed by atoms with Crippen LogP contribution in [0.5, 0.6) is 11.5 Å². The summed E-state index contributed by atoms with van der Waals surface area (Å²) in [4.78, 5) is 37.1. The average Bonchev–Trinajstić information content (AvgIpc) is 3.25. The van der Waals surface area contributed by atoms with Crippen LogP contribution in [0.2, 0.25) is 0 Å². The maximum atomic E-state index is 13.0. The summed E-state index contributed by atoms with van der Waals surface area (Å²) in [5.41, 5.74) is -2.63. The van der Waals surface area contributed by atoms with E-state index in [-0.39, 0.29) is 11.5 Å². The molecule has 5 atom stereocenters. The Morgan fingerprint density at radius 2 is 1.73 bits per heavy atom. The number of benzene rings is 2. The number of nitrogens with one attached hydrogen (secondary N) is 2. The Kier molecular flexibility index (Phi) is 5.41. The second kappa shape index (κ2) is 7.85. The molecular weight excluding hydrogens is 445 g/mol. The lowest BCUT2D eigenvalue weighted by molar-refractivity contribution is -0.154. The van der Waals surface area contributed by atoms with Gasteiger partial charge in [-0.05, 0) is 42.8 Å². The smallest absolute Gasteiger partial charge is 0.416 e. The predicted molar refractivity (Wildman–Crippen MR) is 106 cm³/mol. The van der Waals surface area contributed by atoms with Crippen LogP contribution in [0.25, 0.3) is 0 Å². The van der Waals surface area contributed by atoms with Crippen molar-refractivity contribution in [3.05, 3.63) is 59.7 Å². The lowest BCUT2D eigenvalue weighted by atomic mass is 9.76. The Bertz CT molecular complexity index is 1140. The van der Waals surface area contributed by atoms with E-state index < -0.39 is 59.0 Å². The molecule has 2 saturated heterocycles. The van der Waals surface area contributed by atoms with Crippen molar-refractivity contribution in [3.63, 3.8) is 0 Å². The Hall–Kier alpha value is -3.44. The van der Waals surface area contributed by atoms with Gasteiger partial charge in [-0.2, -0.15) is 13.2 Å². The maximum Gasteiger partial charge on any atom is 0.416 e. The molecule has 0 spiro atoms. The van der Waals surface area contributed by atoms with E-state index in [4.69, 9.17) is 4.74 Å². The average molecular weight is 464 g/mol. The summed E-state index contributed by atoms with van der Waals surface area (Å²) in [6.07, 6.45) is -6.07. The van der Waals surface area contributed by atoms with Crippen LogP contribution in [-0.2, 0) is 20.6 Å². The number of aliphatic hydroxyl groups excluding tert-OH is 1. The normalized spacial score (nSPS) is 27.7. The molecule has 4 rings (SSSR count). The predicted octanol–water partition coefficient (Wildman–Crippen LogP) is 2.23. The van der Waals surface area contributed by atoms with Crippen molar-refractivity contribution in [2.45, 2.75) is 30.8 Å². The molecule has 2 heterocycles. The Morgan fingerprint density at radius 3 is 2.33 bits per heavy atom. The van der Waals surface area contributed by atoms with Gasteiger partial charge in [0.1, 0.15) is 11.5 Å². The number of carbonyl (C=O) groups excluding carboxylic acids is 2. The van der Waals surface area contributed by atoms with E-state index in [1.165, 1.54) is 37.3 Å². The first-order valence-electron chi connectivity index (χ1n) is 9.94. The van der Waals surface area contributed by atoms with E-state index in [2.05, 4.69) is 10.6 Å². The van der Waals surface area contributed by atoms with Gasteiger partial charge in [-0.1, -0.05) is 18.2 Å². The molecule has 0 aromatic heterocycles. The summed E-state index contributed by atoms with van der Waals surface area (Å²) in [6.45, 7) is 1.21. The fraction of sp³-hybridized carbons (Fsp3) is 0.318. The number of ether oxygens (including phenoxy) is 1. The van der Waals surface area contributed by atoms with Gasteiger partial charge in [0.05, 0.1) is 23.5 Å². The molecule has 2 aromatic carbocycles. The van der Waals surface area contributed by atoms with E-state index >= 15 is 0 Å². The third-order valence-electron chi connectivity index (χ3n) is 6.06. The number of amides is 2. The Morgan fingerprint density at radius 1 is 1.09 bits per heavy atom. The molecule has 5 unspecified atom stereocenters. The van der Waals surface area contributed by atoms with Crippen molar-refractivity contribution in [1.29, 1.82) is 0 Å². The monoisotopic (exact) mass is 464 g/mol. The molecule has 2 amide bonds. The molecule has 0 bridgehead atoms. The highest BCUT2D eigenvalue weighted by Gasteiger charge is 2.68. The van der Waals surface area contributed by atoms with Crippen LogP contribution in [0.1, 0.15) is 24.1 Å². The van der Waals surface area contributed by atoms with E-state index in [9.17, 15) is 37.8 Å². The largest absolute Gasteiger partial charge is 0.480 e. The Labute approximate surface area is 185 Å². The number of hydrogen-bond acceptors (Lipinski definition) is 6. The van der Waals surface area contributed by atoms with E-state index in [0.29, 0.717) is 5.56 Å². The highest BCUT2D eigenvalue weighted by atomic mass is 19.4. The second-order valence-corrected chi connectivity index (χ2v) is 8.03. The van der Waals surface area contributed by atoms with Crippen molar-refractivity contribution in [1.82, 2.24) is 10.6 Å². The first kappa shape index (κ1) is 22.7. The molecule has 11 heteroatoms. The summed E-state index contributed by atoms with van der Waals surface area (Å²) in [5, 5.41) is 25.0. The molecule has 174 valence electrons. The van der Waals surface area contributed by atoms with Gasteiger partial charge >= 0.3 is 12.1 Å². The van der Waals surface area contributed by atoms with Crippen LogP contribution >= 0.6 is 0 Å². The molecular formula is C22H19F3N2O6. The summed E-state index contributed by atoms with van der Waals surface area (Å²) in [5.74, 6) is -5.39. The van der Waals surface area contributed by atoms with Crippen LogP contribution in [0.3, 0.4) is 0 Å². The lowest BCUT2D eigenvalue weighted by Gasteiger charge is -2.32. The van der Waals surface area contributed by atoms with Gasteiger partial charge in [0, 0.05) is 6.04 Å². The number of halogens is 3. The first-order chi connectivity index (χ1) is 15.4. The van der Waals surface area contributed by atoms with Gasteiger partial charge in [0.15, 0.2) is 5.54 Å². The zero-order chi connectivity index (χ0) is 24.1. The molecule has 4 N–H and O–H groups in total. The van der Waals surface area contributed by atoms with Gasteiger partial charge in [-0.15, -0.1) is 0 Å². The van der Waals surface area contributed by atoms with Crippen LogP contribution in [0.15, 0.2) is 48.5 Å². The molecule has 2 aliphatic heterocycles. The SMILES string of the molecule is CC(O)C1(C(=O)O)NC(c2cccc(Oc3cccc(C(F)(F)F)c3)c2)C2C(=O)NC(=O)C21. The minimum absolute atomic E-state index is 0.0723.